The summed E-state index contributed by atoms with van der Waals surface area (Å²) in [4.78, 5) is 15.3. The number of nitroso groups, excluding NO2 is 1. The van der Waals surface area contributed by atoms with Crippen molar-refractivity contribution in [2.24, 2.45) is 5.18 Å². The number of aryl methyl sites for hydroxylation is 1. The Bertz CT molecular complexity index is 514. The summed E-state index contributed by atoms with van der Waals surface area (Å²) in [5.74, 6) is 0.634. The van der Waals surface area contributed by atoms with E-state index in [1.165, 1.54) is 0 Å². The van der Waals surface area contributed by atoms with Crippen molar-refractivity contribution in [2.45, 2.75) is 26.7 Å². The number of hydrogen-bond donors (Lipinski definition) is 0. The average Bonchev–Trinajstić information content (AvgIpc) is 2.57. The summed E-state index contributed by atoms with van der Waals surface area (Å²) in [6.07, 6.45) is 0. The summed E-state index contributed by atoms with van der Waals surface area (Å²) < 4.78 is 1.79. The molecule has 0 bridgehead atoms. The number of hydrogen-bond acceptors (Lipinski definition) is 3. The van der Waals surface area contributed by atoms with Crippen molar-refractivity contribution in [2.75, 3.05) is 0 Å². The van der Waals surface area contributed by atoms with Crippen LogP contribution in [0.15, 0.2) is 23.4 Å². The van der Waals surface area contributed by atoms with Crippen LogP contribution < -0.4 is 0 Å². The van der Waals surface area contributed by atoms with Gasteiger partial charge in [0.2, 0.25) is 5.82 Å². The number of fused-ring (bicyclic) bond motifs is 1. The molecule has 0 aliphatic heterocycles. The molecule has 0 saturated heterocycles. The molecule has 2 rings (SSSR count). The summed E-state index contributed by atoms with van der Waals surface area (Å²) in [7, 11) is 0. The number of pyridine rings is 1. The predicted molar refractivity (Wildman–Crippen MR) is 59.5 cm³/mol. The molecule has 0 spiro atoms. The van der Waals surface area contributed by atoms with Crippen LogP contribution in [0.4, 0.5) is 5.82 Å². The summed E-state index contributed by atoms with van der Waals surface area (Å²) in [5, 5.41) is 3.09. The van der Waals surface area contributed by atoms with Gasteiger partial charge in [-0.15, -0.1) is 4.91 Å². The van der Waals surface area contributed by atoms with E-state index >= 15 is 0 Å². The Kier molecular flexibility index (Phi) is 2.26. The molecular weight excluding hydrogens is 190 g/mol. The second kappa shape index (κ2) is 3.46. The van der Waals surface area contributed by atoms with Crippen LogP contribution in [0.2, 0.25) is 0 Å². The molecule has 4 nitrogen and oxygen atoms in total. The van der Waals surface area contributed by atoms with Crippen LogP contribution in [0, 0.1) is 11.8 Å². The molecule has 0 saturated carbocycles. The third kappa shape index (κ3) is 1.42. The number of aromatic nitrogens is 2. The first kappa shape index (κ1) is 9.83. The molecule has 2 aromatic rings. The number of rotatable bonds is 2. The van der Waals surface area contributed by atoms with Gasteiger partial charge in [0.25, 0.3) is 0 Å². The average molecular weight is 203 g/mol. The molecular formula is C11H13N3O. The predicted octanol–water partition coefficient (Wildman–Crippen LogP) is 3.16. The van der Waals surface area contributed by atoms with Crippen LogP contribution in [0.5, 0.6) is 0 Å². The summed E-state index contributed by atoms with van der Waals surface area (Å²) in [6, 6.07) is 5.75. The van der Waals surface area contributed by atoms with Gasteiger partial charge in [-0.1, -0.05) is 19.9 Å². The second-order valence-corrected chi connectivity index (χ2v) is 3.93. The zero-order chi connectivity index (χ0) is 11.0. The Balaban J connectivity index is 2.86. The van der Waals surface area contributed by atoms with Gasteiger partial charge in [0, 0.05) is 5.69 Å². The lowest BCUT2D eigenvalue weighted by molar-refractivity contribution is 0.833. The zero-order valence-corrected chi connectivity index (χ0v) is 9.06. The first-order valence-corrected chi connectivity index (χ1v) is 4.96. The normalized spacial score (nSPS) is 11.2. The Morgan fingerprint density at radius 1 is 1.40 bits per heavy atom. The van der Waals surface area contributed by atoms with Crippen LogP contribution in [0.3, 0.4) is 0 Å². The van der Waals surface area contributed by atoms with Gasteiger partial charge in [0.05, 0.1) is 5.69 Å². The third-order valence-electron chi connectivity index (χ3n) is 2.47. The quantitative estimate of drug-likeness (QED) is 0.704. The maximum atomic E-state index is 10.8. The summed E-state index contributed by atoms with van der Waals surface area (Å²) in [5.41, 5.74) is 2.52. The lowest BCUT2D eigenvalue weighted by Crippen LogP contribution is -1.90. The van der Waals surface area contributed by atoms with Crippen LogP contribution in [0.1, 0.15) is 31.2 Å². The maximum absolute atomic E-state index is 10.8. The van der Waals surface area contributed by atoms with Gasteiger partial charge in [-0.05, 0) is 30.2 Å². The monoisotopic (exact) mass is 203 g/mol. The van der Waals surface area contributed by atoms with Crippen molar-refractivity contribution in [3.05, 3.63) is 34.5 Å². The largest absolute Gasteiger partial charge is 0.279 e. The van der Waals surface area contributed by atoms with Crippen LogP contribution >= 0.6 is 0 Å². The molecule has 0 fully saturated rings. The molecule has 0 aliphatic rings. The van der Waals surface area contributed by atoms with E-state index in [0.29, 0.717) is 5.82 Å². The highest BCUT2D eigenvalue weighted by Gasteiger charge is 2.16. The van der Waals surface area contributed by atoms with Crippen molar-refractivity contribution < 1.29 is 0 Å². The SMILES string of the molecule is Cc1cccc2nc(C(C)C)c(N=O)n12. The maximum Gasteiger partial charge on any atom is 0.205 e. The Morgan fingerprint density at radius 3 is 2.73 bits per heavy atom. The van der Waals surface area contributed by atoms with E-state index in [1.807, 2.05) is 39.0 Å². The first-order valence-electron chi connectivity index (χ1n) is 4.96. The van der Waals surface area contributed by atoms with Crippen molar-refractivity contribution in [3.63, 3.8) is 0 Å². The fourth-order valence-corrected chi connectivity index (χ4v) is 1.73. The third-order valence-corrected chi connectivity index (χ3v) is 2.47. The standard InChI is InChI=1S/C11H13N3O/c1-7(2)10-11(13-15)14-8(3)5-4-6-9(14)12-10/h4-7H,1-3H3. The fraction of sp³-hybridized carbons (Fsp3) is 0.364. The van der Waals surface area contributed by atoms with Crippen molar-refractivity contribution in [1.82, 2.24) is 9.38 Å². The van der Waals surface area contributed by atoms with Crippen molar-refractivity contribution in [1.29, 1.82) is 0 Å². The molecule has 0 atom stereocenters. The highest BCUT2D eigenvalue weighted by molar-refractivity contribution is 5.54. The molecule has 0 unspecified atom stereocenters. The molecule has 0 N–H and O–H groups in total. The molecule has 2 heterocycles. The Labute approximate surface area is 87.9 Å². The minimum atomic E-state index is 0.206. The van der Waals surface area contributed by atoms with Crippen LogP contribution in [-0.4, -0.2) is 9.38 Å². The van der Waals surface area contributed by atoms with Gasteiger partial charge in [-0.25, -0.2) is 4.98 Å². The topological polar surface area (TPSA) is 46.7 Å². The van der Waals surface area contributed by atoms with Crippen LogP contribution in [0.25, 0.3) is 5.65 Å². The smallest absolute Gasteiger partial charge is 0.205 e. The lowest BCUT2D eigenvalue weighted by atomic mass is 10.1. The van der Waals surface area contributed by atoms with Crippen LogP contribution in [-0.2, 0) is 0 Å². The molecule has 0 aliphatic carbocycles. The van der Waals surface area contributed by atoms with E-state index in [1.54, 1.807) is 4.40 Å². The summed E-state index contributed by atoms with van der Waals surface area (Å²) >= 11 is 0. The zero-order valence-electron chi connectivity index (χ0n) is 9.06. The van der Waals surface area contributed by atoms with Crippen molar-refractivity contribution >= 4 is 11.5 Å². The highest BCUT2D eigenvalue weighted by Crippen LogP contribution is 2.28. The van der Waals surface area contributed by atoms with Gasteiger partial charge in [0.15, 0.2) is 0 Å². The molecule has 0 radical (unpaired) electrons. The van der Waals surface area contributed by atoms with Gasteiger partial charge in [-0.3, -0.25) is 4.40 Å². The van der Waals surface area contributed by atoms with E-state index < -0.39 is 0 Å². The molecule has 0 amide bonds. The second-order valence-electron chi connectivity index (χ2n) is 3.93. The van der Waals surface area contributed by atoms with Crippen molar-refractivity contribution in [3.8, 4) is 0 Å². The molecule has 4 heteroatoms. The molecule has 78 valence electrons. The minimum Gasteiger partial charge on any atom is -0.279 e. The van der Waals surface area contributed by atoms with E-state index in [-0.39, 0.29) is 5.92 Å². The Hall–Kier alpha value is -1.71. The van der Waals surface area contributed by atoms with Gasteiger partial charge in [-0.2, -0.15) is 0 Å². The van der Waals surface area contributed by atoms with E-state index in [0.717, 1.165) is 17.0 Å². The van der Waals surface area contributed by atoms with Gasteiger partial charge in [0.1, 0.15) is 5.65 Å². The highest BCUT2D eigenvalue weighted by atomic mass is 16.3. The van der Waals surface area contributed by atoms with Gasteiger partial charge < -0.3 is 0 Å². The van der Waals surface area contributed by atoms with E-state index in [9.17, 15) is 4.91 Å². The first-order chi connectivity index (χ1) is 7.15. The van der Waals surface area contributed by atoms with E-state index in [2.05, 4.69) is 10.2 Å². The molecule has 0 aromatic carbocycles. The van der Waals surface area contributed by atoms with E-state index in [4.69, 9.17) is 0 Å². The van der Waals surface area contributed by atoms with Gasteiger partial charge >= 0.3 is 0 Å². The Morgan fingerprint density at radius 2 is 2.13 bits per heavy atom. The molecule has 15 heavy (non-hydrogen) atoms. The molecule has 2 aromatic heterocycles. The number of imidazole rings is 1. The summed E-state index contributed by atoms with van der Waals surface area (Å²) in [6.45, 7) is 5.95. The minimum absolute atomic E-state index is 0.206. The lowest BCUT2D eigenvalue weighted by Gasteiger charge is -2.01. The number of nitrogens with zero attached hydrogens (tertiary/aromatic N) is 3. The fourth-order valence-electron chi connectivity index (χ4n) is 1.73.